The number of carbonyl (C=O) groups excluding carboxylic acids is 1. The van der Waals surface area contributed by atoms with E-state index in [-0.39, 0.29) is 18.5 Å². The normalized spacial score (nSPS) is 11.3. The third-order valence-electron chi connectivity index (χ3n) is 1.99. The molecule has 1 aromatic carbocycles. The summed E-state index contributed by atoms with van der Waals surface area (Å²) in [5, 5.41) is 6.30. The Labute approximate surface area is 100 Å². The van der Waals surface area contributed by atoms with E-state index in [1.54, 1.807) is 19.1 Å². The van der Waals surface area contributed by atoms with Crippen molar-refractivity contribution < 1.29 is 4.79 Å². The van der Waals surface area contributed by atoms with Crippen LogP contribution in [0.15, 0.2) is 24.3 Å². The predicted molar refractivity (Wildman–Crippen MR) is 66.4 cm³/mol. The third-order valence-corrected chi connectivity index (χ3v) is 2.24. The van der Waals surface area contributed by atoms with Gasteiger partial charge in [0, 0.05) is 10.7 Å². The number of amides is 1. The molecule has 0 saturated heterocycles. The number of rotatable bonds is 4. The summed E-state index contributed by atoms with van der Waals surface area (Å²) in [6.45, 7) is 2.01. The minimum absolute atomic E-state index is 0.132. The Morgan fingerprint density at radius 3 is 2.69 bits per heavy atom. The first-order valence-corrected chi connectivity index (χ1v) is 5.24. The van der Waals surface area contributed by atoms with Crippen molar-refractivity contribution in [1.82, 2.24) is 5.32 Å². The maximum absolute atomic E-state index is 11.5. The topological polar surface area (TPSA) is 41.1 Å². The van der Waals surface area contributed by atoms with Crippen molar-refractivity contribution in [2.24, 2.45) is 0 Å². The van der Waals surface area contributed by atoms with Crippen LogP contribution in [-0.4, -0.2) is 18.5 Å². The van der Waals surface area contributed by atoms with Crippen molar-refractivity contribution in [3.05, 3.63) is 29.3 Å². The number of benzene rings is 1. The third kappa shape index (κ3) is 3.84. The second-order valence-electron chi connectivity index (χ2n) is 3.29. The minimum atomic E-state index is -0.338. The van der Waals surface area contributed by atoms with Gasteiger partial charge in [-0.05, 0) is 31.2 Å². The van der Waals surface area contributed by atoms with Crippen molar-refractivity contribution in [1.29, 1.82) is 0 Å². The van der Waals surface area contributed by atoms with Crippen LogP contribution < -0.4 is 10.6 Å². The van der Waals surface area contributed by atoms with Crippen LogP contribution in [0.25, 0.3) is 0 Å². The standard InChI is InChI=1S/C12H13ClN2O/c1-3-8-14-12(16)9(2)15-11-6-4-10(13)5-7-11/h1,4-7,9,15H,8H2,2H3,(H,14,16). The largest absolute Gasteiger partial charge is 0.374 e. The summed E-state index contributed by atoms with van der Waals surface area (Å²) in [7, 11) is 0. The average molecular weight is 237 g/mol. The van der Waals surface area contributed by atoms with E-state index in [1.807, 2.05) is 12.1 Å². The first kappa shape index (κ1) is 12.4. The van der Waals surface area contributed by atoms with Gasteiger partial charge in [-0.25, -0.2) is 0 Å². The lowest BCUT2D eigenvalue weighted by Crippen LogP contribution is -2.37. The zero-order chi connectivity index (χ0) is 12.0. The highest BCUT2D eigenvalue weighted by atomic mass is 35.5. The van der Waals surface area contributed by atoms with Crippen molar-refractivity contribution >= 4 is 23.2 Å². The van der Waals surface area contributed by atoms with Gasteiger partial charge in [-0.1, -0.05) is 17.5 Å². The van der Waals surface area contributed by atoms with Crippen LogP contribution in [0.4, 0.5) is 5.69 Å². The first-order chi connectivity index (χ1) is 7.63. The van der Waals surface area contributed by atoms with Crippen molar-refractivity contribution in [2.45, 2.75) is 13.0 Å². The molecule has 1 atom stereocenters. The quantitative estimate of drug-likeness (QED) is 0.784. The Bertz CT molecular complexity index is 394. The van der Waals surface area contributed by atoms with Crippen LogP contribution in [0.3, 0.4) is 0 Å². The van der Waals surface area contributed by atoms with Crippen molar-refractivity contribution in [3.8, 4) is 12.3 Å². The van der Waals surface area contributed by atoms with Crippen LogP contribution in [0.1, 0.15) is 6.92 Å². The number of halogens is 1. The molecule has 1 rings (SSSR count). The Hall–Kier alpha value is -1.66. The van der Waals surface area contributed by atoms with Crippen molar-refractivity contribution in [3.63, 3.8) is 0 Å². The molecule has 1 unspecified atom stereocenters. The number of carbonyl (C=O) groups is 1. The van der Waals surface area contributed by atoms with E-state index in [1.165, 1.54) is 0 Å². The molecule has 0 bridgehead atoms. The van der Waals surface area contributed by atoms with Gasteiger partial charge in [0.15, 0.2) is 0 Å². The lowest BCUT2D eigenvalue weighted by Gasteiger charge is -2.14. The molecule has 0 spiro atoms. The van der Waals surface area contributed by atoms with Gasteiger partial charge in [0.2, 0.25) is 5.91 Å². The van der Waals surface area contributed by atoms with E-state index in [4.69, 9.17) is 18.0 Å². The summed E-state index contributed by atoms with van der Waals surface area (Å²) in [5.41, 5.74) is 0.841. The Morgan fingerprint density at radius 1 is 1.50 bits per heavy atom. The molecular formula is C12H13ClN2O. The fourth-order valence-corrected chi connectivity index (χ4v) is 1.28. The summed E-state index contributed by atoms with van der Waals surface area (Å²) in [5.74, 6) is 2.22. The van der Waals surface area contributed by atoms with Gasteiger partial charge in [-0.15, -0.1) is 6.42 Å². The van der Waals surface area contributed by atoms with Crippen LogP contribution in [0, 0.1) is 12.3 Å². The van der Waals surface area contributed by atoms with Crippen molar-refractivity contribution in [2.75, 3.05) is 11.9 Å². The fraction of sp³-hybridized carbons (Fsp3) is 0.250. The van der Waals surface area contributed by atoms with Gasteiger partial charge in [0.25, 0.3) is 0 Å². The fourth-order valence-electron chi connectivity index (χ4n) is 1.15. The molecule has 0 heterocycles. The molecule has 0 aliphatic heterocycles. The predicted octanol–water partition coefficient (Wildman–Crippen LogP) is 1.89. The van der Waals surface area contributed by atoms with Gasteiger partial charge in [-0.2, -0.15) is 0 Å². The molecule has 0 aliphatic rings. The second kappa shape index (κ2) is 6.04. The van der Waals surface area contributed by atoms with Gasteiger partial charge < -0.3 is 10.6 Å². The molecule has 4 heteroatoms. The lowest BCUT2D eigenvalue weighted by atomic mass is 10.2. The molecule has 3 nitrogen and oxygen atoms in total. The van der Waals surface area contributed by atoms with E-state index in [2.05, 4.69) is 16.6 Å². The smallest absolute Gasteiger partial charge is 0.242 e. The van der Waals surface area contributed by atoms with E-state index >= 15 is 0 Å². The van der Waals surface area contributed by atoms with Gasteiger partial charge in [0.05, 0.1) is 6.54 Å². The monoisotopic (exact) mass is 236 g/mol. The lowest BCUT2D eigenvalue weighted by molar-refractivity contribution is -0.121. The molecule has 0 saturated carbocycles. The molecule has 0 fully saturated rings. The highest BCUT2D eigenvalue weighted by molar-refractivity contribution is 6.30. The van der Waals surface area contributed by atoms with E-state index in [9.17, 15) is 4.79 Å². The summed E-state index contributed by atoms with van der Waals surface area (Å²) >= 11 is 5.75. The maximum Gasteiger partial charge on any atom is 0.242 e. The van der Waals surface area contributed by atoms with Gasteiger partial charge >= 0.3 is 0 Å². The SMILES string of the molecule is C#CCNC(=O)C(C)Nc1ccc(Cl)cc1. The zero-order valence-corrected chi connectivity index (χ0v) is 9.71. The molecule has 1 aromatic rings. The number of hydrogen-bond acceptors (Lipinski definition) is 2. The molecule has 0 aromatic heterocycles. The van der Waals surface area contributed by atoms with E-state index < -0.39 is 0 Å². The molecule has 0 radical (unpaired) electrons. The Balaban J connectivity index is 2.51. The van der Waals surface area contributed by atoms with Crippen LogP contribution in [0.2, 0.25) is 5.02 Å². The van der Waals surface area contributed by atoms with Crippen LogP contribution in [0.5, 0.6) is 0 Å². The first-order valence-electron chi connectivity index (χ1n) is 4.86. The molecular weight excluding hydrogens is 224 g/mol. The highest BCUT2D eigenvalue weighted by Gasteiger charge is 2.10. The molecule has 16 heavy (non-hydrogen) atoms. The van der Waals surface area contributed by atoms with Crippen LogP contribution >= 0.6 is 11.6 Å². The second-order valence-corrected chi connectivity index (χ2v) is 3.73. The van der Waals surface area contributed by atoms with Gasteiger partial charge in [0.1, 0.15) is 6.04 Å². The number of terminal acetylenes is 1. The zero-order valence-electron chi connectivity index (χ0n) is 8.96. The number of nitrogens with one attached hydrogen (secondary N) is 2. The minimum Gasteiger partial charge on any atom is -0.374 e. The highest BCUT2D eigenvalue weighted by Crippen LogP contribution is 2.14. The summed E-state index contributed by atoms with van der Waals surface area (Å²) in [4.78, 5) is 11.5. The Morgan fingerprint density at radius 2 is 2.12 bits per heavy atom. The molecule has 0 aliphatic carbocycles. The summed E-state index contributed by atoms with van der Waals surface area (Å²) < 4.78 is 0. The van der Waals surface area contributed by atoms with E-state index in [0.717, 1.165) is 5.69 Å². The summed E-state index contributed by atoms with van der Waals surface area (Å²) in [6, 6.07) is 6.81. The number of anilines is 1. The maximum atomic E-state index is 11.5. The number of hydrogen-bond donors (Lipinski definition) is 2. The molecule has 84 valence electrons. The average Bonchev–Trinajstić information content (AvgIpc) is 2.29. The summed E-state index contributed by atoms with van der Waals surface area (Å²) in [6.07, 6.45) is 5.05. The molecule has 2 N–H and O–H groups in total. The van der Waals surface area contributed by atoms with Crippen LogP contribution in [-0.2, 0) is 4.79 Å². The Kier molecular flexibility index (Phi) is 4.68. The van der Waals surface area contributed by atoms with E-state index in [0.29, 0.717) is 5.02 Å². The van der Waals surface area contributed by atoms with Gasteiger partial charge in [-0.3, -0.25) is 4.79 Å². The molecule has 1 amide bonds.